The van der Waals surface area contributed by atoms with E-state index in [9.17, 15) is 18.8 Å². The molecule has 1 rings (SSSR count). The Morgan fingerprint density at radius 3 is 2.87 bits per heavy atom. The van der Waals surface area contributed by atoms with Crippen LogP contribution in [0.3, 0.4) is 0 Å². The quantitative estimate of drug-likeness (QED) is 0.680. The second kappa shape index (κ2) is 4.72. The van der Waals surface area contributed by atoms with Crippen LogP contribution in [0.5, 0.6) is 0 Å². The summed E-state index contributed by atoms with van der Waals surface area (Å²) in [4.78, 5) is 33.1. The number of carbonyl (C=O) groups is 3. The number of nitrogens with zero attached hydrogens (tertiary/aromatic N) is 1. The SMILES string of the molecule is O=C(O)CCCN1CC(F)C(=O)NC1=O. The number of imide groups is 1. The van der Waals surface area contributed by atoms with Gasteiger partial charge in [0.2, 0.25) is 0 Å². The van der Waals surface area contributed by atoms with E-state index in [-0.39, 0.29) is 25.9 Å². The number of rotatable bonds is 4. The third-order valence-corrected chi connectivity index (χ3v) is 2.00. The second-order valence-corrected chi connectivity index (χ2v) is 3.21. The predicted molar refractivity (Wildman–Crippen MR) is 46.9 cm³/mol. The van der Waals surface area contributed by atoms with Crippen molar-refractivity contribution in [1.29, 1.82) is 0 Å². The number of amides is 3. The number of carboxylic acid groups (broad SMARTS) is 1. The van der Waals surface area contributed by atoms with E-state index in [1.807, 2.05) is 5.32 Å². The average Bonchev–Trinajstić information content (AvgIpc) is 2.13. The Bertz CT molecular complexity index is 294. The molecule has 1 aliphatic heterocycles. The largest absolute Gasteiger partial charge is 0.481 e. The van der Waals surface area contributed by atoms with Crippen molar-refractivity contribution in [2.24, 2.45) is 0 Å². The molecule has 7 heteroatoms. The number of nitrogens with one attached hydrogen (secondary N) is 1. The Morgan fingerprint density at radius 1 is 1.60 bits per heavy atom. The van der Waals surface area contributed by atoms with Crippen LogP contribution in [0.1, 0.15) is 12.8 Å². The lowest BCUT2D eigenvalue weighted by Gasteiger charge is -2.28. The summed E-state index contributed by atoms with van der Waals surface area (Å²) < 4.78 is 12.9. The summed E-state index contributed by atoms with van der Waals surface area (Å²) in [6, 6.07) is -0.667. The Labute approximate surface area is 85.0 Å². The van der Waals surface area contributed by atoms with Gasteiger partial charge in [0, 0.05) is 13.0 Å². The summed E-state index contributed by atoms with van der Waals surface area (Å²) in [5, 5.41) is 10.2. The smallest absolute Gasteiger partial charge is 0.324 e. The van der Waals surface area contributed by atoms with Crippen molar-refractivity contribution in [2.75, 3.05) is 13.1 Å². The summed E-state index contributed by atoms with van der Waals surface area (Å²) >= 11 is 0. The zero-order chi connectivity index (χ0) is 11.4. The number of carboxylic acids is 1. The first-order chi connectivity index (χ1) is 7.00. The van der Waals surface area contributed by atoms with Gasteiger partial charge in [-0.15, -0.1) is 0 Å². The van der Waals surface area contributed by atoms with Crippen molar-refractivity contribution in [3.63, 3.8) is 0 Å². The molecule has 15 heavy (non-hydrogen) atoms. The molecule has 0 aliphatic carbocycles. The minimum absolute atomic E-state index is 0.0886. The van der Waals surface area contributed by atoms with Gasteiger partial charge in [-0.05, 0) is 6.42 Å². The number of hydrogen-bond donors (Lipinski definition) is 2. The highest BCUT2D eigenvalue weighted by molar-refractivity contribution is 5.99. The first kappa shape index (κ1) is 11.4. The van der Waals surface area contributed by atoms with Crippen LogP contribution in [-0.2, 0) is 9.59 Å². The minimum Gasteiger partial charge on any atom is -0.481 e. The lowest BCUT2D eigenvalue weighted by atomic mass is 10.2. The second-order valence-electron chi connectivity index (χ2n) is 3.21. The van der Waals surface area contributed by atoms with Gasteiger partial charge >= 0.3 is 12.0 Å². The number of hydrogen-bond acceptors (Lipinski definition) is 3. The predicted octanol–water partition coefficient (Wildman–Crippen LogP) is -0.259. The van der Waals surface area contributed by atoms with Crippen LogP contribution in [0.2, 0.25) is 0 Å². The summed E-state index contributed by atoms with van der Waals surface area (Å²) in [6.45, 7) is -0.171. The fourth-order valence-electron chi connectivity index (χ4n) is 1.24. The van der Waals surface area contributed by atoms with E-state index in [2.05, 4.69) is 0 Å². The maximum atomic E-state index is 12.9. The molecule has 0 aromatic rings. The molecule has 1 fully saturated rings. The summed E-state index contributed by atoms with van der Waals surface area (Å²) in [5.41, 5.74) is 0. The molecule has 0 aromatic heterocycles. The molecule has 1 heterocycles. The molecule has 0 bridgehead atoms. The van der Waals surface area contributed by atoms with Crippen LogP contribution in [0, 0.1) is 0 Å². The molecule has 84 valence electrons. The van der Waals surface area contributed by atoms with Crippen LogP contribution in [0.25, 0.3) is 0 Å². The van der Waals surface area contributed by atoms with Gasteiger partial charge in [-0.3, -0.25) is 14.9 Å². The summed E-state index contributed by atoms with van der Waals surface area (Å²) in [6.07, 6.45) is -1.58. The highest BCUT2D eigenvalue weighted by Gasteiger charge is 2.31. The molecule has 0 saturated carbocycles. The highest BCUT2D eigenvalue weighted by atomic mass is 19.1. The zero-order valence-electron chi connectivity index (χ0n) is 7.90. The molecule has 6 nitrogen and oxygen atoms in total. The molecule has 1 atom stereocenters. The van der Waals surface area contributed by atoms with Crippen molar-refractivity contribution in [2.45, 2.75) is 19.0 Å². The van der Waals surface area contributed by atoms with Crippen molar-refractivity contribution in [3.05, 3.63) is 0 Å². The fraction of sp³-hybridized carbons (Fsp3) is 0.625. The maximum absolute atomic E-state index is 12.9. The molecular weight excluding hydrogens is 207 g/mol. The Morgan fingerprint density at radius 2 is 2.27 bits per heavy atom. The third kappa shape index (κ3) is 3.19. The Kier molecular flexibility index (Phi) is 3.59. The van der Waals surface area contributed by atoms with E-state index in [0.29, 0.717) is 0 Å². The number of halogens is 1. The van der Waals surface area contributed by atoms with E-state index in [4.69, 9.17) is 5.11 Å². The van der Waals surface area contributed by atoms with Gasteiger partial charge in [0.1, 0.15) is 0 Å². The molecule has 1 aliphatic rings. The van der Waals surface area contributed by atoms with Crippen molar-refractivity contribution >= 4 is 17.9 Å². The molecular formula is C8H11FN2O4. The normalized spacial score (nSPS) is 21.4. The molecule has 1 unspecified atom stereocenters. The van der Waals surface area contributed by atoms with E-state index < -0.39 is 24.1 Å². The monoisotopic (exact) mass is 218 g/mol. The number of urea groups is 1. The molecule has 0 radical (unpaired) electrons. The standard InChI is InChI=1S/C8H11FN2O4/c9-5-4-11(3-1-2-6(12)13)8(15)10-7(5)14/h5H,1-4H2,(H,12,13)(H,10,14,15). The van der Waals surface area contributed by atoms with Gasteiger partial charge in [0.05, 0.1) is 6.54 Å². The maximum Gasteiger partial charge on any atom is 0.324 e. The van der Waals surface area contributed by atoms with E-state index in [1.54, 1.807) is 0 Å². The van der Waals surface area contributed by atoms with Crippen LogP contribution in [-0.4, -0.2) is 47.2 Å². The fourth-order valence-corrected chi connectivity index (χ4v) is 1.24. The van der Waals surface area contributed by atoms with Gasteiger partial charge < -0.3 is 10.0 Å². The van der Waals surface area contributed by atoms with E-state index in [0.717, 1.165) is 4.90 Å². The average molecular weight is 218 g/mol. The van der Waals surface area contributed by atoms with Gasteiger partial charge in [0.15, 0.2) is 6.17 Å². The van der Waals surface area contributed by atoms with Gasteiger partial charge in [-0.1, -0.05) is 0 Å². The topological polar surface area (TPSA) is 86.7 Å². The van der Waals surface area contributed by atoms with Crippen LogP contribution >= 0.6 is 0 Å². The molecule has 1 saturated heterocycles. The van der Waals surface area contributed by atoms with Crippen molar-refractivity contribution in [3.8, 4) is 0 Å². The Balaban J connectivity index is 2.38. The number of aliphatic carboxylic acids is 1. The summed E-state index contributed by atoms with van der Waals surface area (Å²) in [7, 11) is 0. The highest BCUT2D eigenvalue weighted by Crippen LogP contribution is 2.06. The molecule has 2 N–H and O–H groups in total. The Hall–Kier alpha value is -1.66. The van der Waals surface area contributed by atoms with Crippen molar-refractivity contribution < 1.29 is 23.9 Å². The zero-order valence-corrected chi connectivity index (χ0v) is 7.90. The number of carbonyl (C=O) groups excluding carboxylic acids is 2. The third-order valence-electron chi connectivity index (χ3n) is 2.00. The molecule has 3 amide bonds. The van der Waals surface area contributed by atoms with Gasteiger partial charge in [-0.25, -0.2) is 9.18 Å². The molecule has 0 spiro atoms. The van der Waals surface area contributed by atoms with E-state index >= 15 is 0 Å². The number of alkyl halides is 1. The van der Waals surface area contributed by atoms with Gasteiger partial charge in [0.25, 0.3) is 5.91 Å². The first-order valence-corrected chi connectivity index (χ1v) is 4.46. The van der Waals surface area contributed by atoms with Crippen LogP contribution in [0.15, 0.2) is 0 Å². The lowest BCUT2D eigenvalue weighted by Crippen LogP contribution is -2.55. The lowest BCUT2D eigenvalue weighted by molar-refractivity contribution is -0.137. The minimum atomic E-state index is -1.73. The first-order valence-electron chi connectivity index (χ1n) is 4.46. The molecule has 0 aromatic carbocycles. The van der Waals surface area contributed by atoms with E-state index in [1.165, 1.54) is 0 Å². The van der Waals surface area contributed by atoms with Gasteiger partial charge in [-0.2, -0.15) is 0 Å². The summed E-state index contributed by atoms with van der Waals surface area (Å²) in [5.74, 6) is -1.91. The van der Waals surface area contributed by atoms with Crippen LogP contribution in [0.4, 0.5) is 9.18 Å². The van der Waals surface area contributed by atoms with Crippen LogP contribution < -0.4 is 5.32 Å². The van der Waals surface area contributed by atoms with Crippen molar-refractivity contribution in [1.82, 2.24) is 10.2 Å².